The molecule has 5 heteroatoms. The number of ether oxygens (including phenoxy) is 2. The first-order valence-corrected chi connectivity index (χ1v) is 7.54. The Hall–Kier alpha value is -1.26. The van der Waals surface area contributed by atoms with Crippen molar-refractivity contribution < 1.29 is 14.3 Å². The van der Waals surface area contributed by atoms with E-state index < -0.39 is 0 Å². The molecule has 0 spiro atoms. The van der Waals surface area contributed by atoms with Gasteiger partial charge in [-0.05, 0) is 36.5 Å². The average molecular weight is 314 g/mol. The molecular weight excluding hydrogens is 290 g/mol. The van der Waals surface area contributed by atoms with E-state index in [0.29, 0.717) is 29.9 Å². The molecule has 1 N–H and O–H groups in total. The lowest BCUT2D eigenvalue weighted by Crippen LogP contribution is -2.31. The van der Waals surface area contributed by atoms with E-state index in [-0.39, 0.29) is 6.04 Å². The number of methoxy groups -OCH3 is 1. The van der Waals surface area contributed by atoms with Gasteiger partial charge < -0.3 is 14.8 Å². The second-order valence-corrected chi connectivity index (χ2v) is 5.83. The highest BCUT2D eigenvalue weighted by Gasteiger charge is 2.12. The van der Waals surface area contributed by atoms with E-state index >= 15 is 0 Å². The van der Waals surface area contributed by atoms with E-state index in [1.54, 1.807) is 7.11 Å². The molecule has 0 unspecified atom stereocenters. The monoisotopic (exact) mass is 313 g/mol. The number of rotatable bonds is 10. The van der Waals surface area contributed by atoms with Crippen molar-refractivity contribution >= 4 is 18.0 Å². The van der Waals surface area contributed by atoms with E-state index in [0.717, 1.165) is 24.8 Å². The fourth-order valence-corrected chi connectivity index (χ4v) is 2.35. The number of hydrogen-bond donors (Lipinski definition) is 1. The van der Waals surface area contributed by atoms with Crippen LogP contribution in [0.1, 0.15) is 25.8 Å². The highest BCUT2D eigenvalue weighted by atomic mass is 35.5. The normalized spacial score (nSPS) is 12.2. The topological polar surface area (TPSA) is 47.6 Å². The van der Waals surface area contributed by atoms with E-state index in [9.17, 15) is 4.79 Å². The molecule has 0 aliphatic rings. The van der Waals surface area contributed by atoms with Crippen LogP contribution in [0.2, 0.25) is 5.02 Å². The van der Waals surface area contributed by atoms with E-state index in [4.69, 9.17) is 21.1 Å². The summed E-state index contributed by atoms with van der Waals surface area (Å²) in [7, 11) is 1.63. The maximum absolute atomic E-state index is 10.7. The van der Waals surface area contributed by atoms with Crippen LogP contribution in [0, 0.1) is 5.92 Å². The third-order valence-electron chi connectivity index (χ3n) is 3.08. The van der Waals surface area contributed by atoms with Crippen molar-refractivity contribution in [3.63, 3.8) is 0 Å². The number of carbonyl (C=O) groups excluding carboxylic acids is 1. The van der Waals surface area contributed by atoms with Crippen molar-refractivity contribution in [3.8, 4) is 5.75 Å². The molecule has 0 fully saturated rings. The second-order valence-electron chi connectivity index (χ2n) is 5.42. The second kappa shape index (κ2) is 9.64. The molecule has 1 atom stereocenters. The van der Waals surface area contributed by atoms with Crippen LogP contribution in [0.15, 0.2) is 18.2 Å². The van der Waals surface area contributed by atoms with Gasteiger partial charge >= 0.3 is 0 Å². The van der Waals surface area contributed by atoms with Gasteiger partial charge in [-0.25, -0.2) is 0 Å². The summed E-state index contributed by atoms with van der Waals surface area (Å²) in [6, 6.07) is 5.84. The van der Waals surface area contributed by atoms with E-state index in [2.05, 4.69) is 19.2 Å². The standard InChI is InChI=1S/C16H24ClNO3/c1-12(2)8-14(18-11-19)9-13-4-5-15(17)16(10-13)21-7-6-20-3/h4-5,10-12,14H,6-9H2,1-3H3,(H,18,19)/t14-/m1/s1. The zero-order valence-electron chi connectivity index (χ0n) is 12.9. The molecule has 0 aliphatic carbocycles. The highest BCUT2D eigenvalue weighted by Crippen LogP contribution is 2.26. The molecule has 0 bridgehead atoms. The molecule has 1 rings (SSSR count). The molecule has 0 aromatic heterocycles. The lowest BCUT2D eigenvalue weighted by atomic mass is 9.97. The van der Waals surface area contributed by atoms with Crippen LogP contribution in [0.3, 0.4) is 0 Å². The quantitative estimate of drug-likeness (QED) is 0.533. The van der Waals surface area contributed by atoms with Gasteiger partial charge in [-0.2, -0.15) is 0 Å². The first kappa shape index (κ1) is 17.8. The fraction of sp³-hybridized carbons (Fsp3) is 0.562. The predicted molar refractivity (Wildman–Crippen MR) is 85.0 cm³/mol. The summed E-state index contributed by atoms with van der Waals surface area (Å²) in [5.41, 5.74) is 1.09. The summed E-state index contributed by atoms with van der Waals surface area (Å²) in [6.07, 6.45) is 2.45. The van der Waals surface area contributed by atoms with Gasteiger partial charge in [-0.15, -0.1) is 0 Å². The van der Waals surface area contributed by atoms with Gasteiger partial charge in [0.25, 0.3) is 0 Å². The number of carbonyl (C=O) groups is 1. The summed E-state index contributed by atoms with van der Waals surface area (Å²) >= 11 is 6.12. The van der Waals surface area contributed by atoms with Crippen LogP contribution < -0.4 is 10.1 Å². The molecule has 0 saturated heterocycles. The molecule has 1 amide bonds. The minimum Gasteiger partial charge on any atom is -0.490 e. The van der Waals surface area contributed by atoms with Crippen LogP contribution in [0.4, 0.5) is 0 Å². The Morgan fingerprint density at radius 3 is 2.71 bits per heavy atom. The Kier molecular flexibility index (Phi) is 8.16. The molecule has 0 heterocycles. The number of nitrogens with one attached hydrogen (secondary N) is 1. The smallest absolute Gasteiger partial charge is 0.207 e. The van der Waals surface area contributed by atoms with Crippen molar-refractivity contribution in [3.05, 3.63) is 28.8 Å². The van der Waals surface area contributed by atoms with Gasteiger partial charge in [0, 0.05) is 13.2 Å². The maximum atomic E-state index is 10.7. The van der Waals surface area contributed by atoms with Gasteiger partial charge in [0.1, 0.15) is 12.4 Å². The Bertz CT molecular complexity index is 438. The lowest BCUT2D eigenvalue weighted by molar-refractivity contribution is -0.110. The lowest BCUT2D eigenvalue weighted by Gasteiger charge is -2.19. The molecule has 0 saturated carbocycles. The molecule has 4 nitrogen and oxygen atoms in total. The van der Waals surface area contributed by atoms with Crippen LogP contribution in [-0.4, -0.2) is 32.8 Å². The average Bonchev–Trinajstić information content (AvgIpc) is 2.42. The van der Waals surface area contributed by atoms with Gasteiger partial charge in [0.15, 0.2) is 0 Å². The molecule has 0 radical (unpaired) electrons. The third kappa shape index (κ3) is 6.82. The van der Waals surface area contributed by atoms with Gasteiger partial charge in [-0.1, -0.05) is 31.5 Å². The molecular formula is C16H24ClNO3. The molecule has 21 heavy (non-hydrogen) atoms. The Balaban J connectivity index is 2.72. The Morgan fingerprint density at radius 2 is 2.10 bits per heavy atom. The molecule has 1 aromatic carbocycles. The van der Waals surface area contributed by atoms with E-state index in [1.807, 2.05) is 18.2 Å². The number of halogens is 1. The largest absolute Gasteiger partial charge is 0.490 e. The first-order valence-electron chi connectivity index (χ1n) is 7.16. The van der Waals surface area contributed by atoms with Crippen LogP contribution >= 0.6 is 11.6 Å². The Labute approximate surface area is 131 Å². The number of hydrogen-bond acceptors (Lipinski definition) is 3. The summed E-state index contributed by atoms with van der Waals surface area (Å²) in [5.74, 6) is 1.17. The first-order chi connectivity index (χ1) is 10.1. The predicted octanol–water partition coefficient (Wildman–Crippen LogP) is 3.07. The summed E-state index contributed by atoms with van der Waals surface area (Å²) in [5, 5.41) is 3.46. The van der Waals surface area contributed by atoms with Crippen molar-refractivity contribution in [1.29, 1.82) is 0 Å². The van der Waals surface area contributed by atoms with Gasteiger partial charge in [0.05, 0.1) is 11.6 Å². The highest BCUT2D eigenvalue weighted by molar-refractivity contribution is 6.32. The number of benzene rings is 1. The van der Waals surface area contributed by atoms with Crippen LogP contribution in [0.25, 0.3) is 0 Å². The van der Waals surface area contributed by atoms with Crippen molar-refractivity contribution in [1.82, 2.24) is 5.32 Å². The molecule has 118 valence electrons. The van der Waals surface area contributed by atoms with Crippen molar-refractivity contribution in [2.75, 3.05) is 20.3 Å². The van der Waals surface area contributed by atoms with Crippen LogP contribution in [0.5, 0.6) is 5.75 Å². The fourth-order valence-electron chi connectivity index (χ4n) is 2.18. The van der Waals surface area contributed by atoms with Gasteiger partial charge in [0.2, 0.25) is 6.41 Å². The zero-order valence-corrected chi connectivity index (χ0v) is 13.7. The van der Waals surface area contributed by atoms with Crippen LogP contribution in [-0.2, 0) is 16.0 Å². The summed E-state index contributed by atoms with van der Waals surface area (Å²) in [6.45, 7) is 5.26. The minimum absolute atomic E-state index is 0.121. The summed E-state index contributed by atoms with van der Waals surface area (Å²) in [4.78, 5) is 10.7. The minimum atomic E-state index is 0.121. The van der Waals surface area contributed by atoms with Gasteiger partial charge in [-0.3, -0.25) is 4.79 Å². The van der Waals surface area contributed by atoms with Crippen molar-refractivity contribution in [2.45, 2.75) is 32.7 Å². The Morgan fingerprint density at radius 1 is 1.33 bits per heavy atom. The molecule has 0 aliphatic heterocycles. The summed E-state index contributed by atoms with van der Waals surface area (Å²) < 4.78 is 10.6. The van der Waals surface area contributed by atoms with Crippen molar-refractivity contribution in [2.24, 2.45) is 5.92 Å². The number of amides is 1. The SMILES string of the molecule is COCCOc1cc(C[C@@H](CC(C)C)NC=O)ccc1Cl. The molecule has 1 aromatic rings. The third-order valence-corrected chi connectivity index (χ3v) is 3.39. The zero-order chi connectivity index (χ0) is 15.7. The van der Waals surface area contributed by atoms with E-state index in [1.165, 1.54) is 0 Å². The maximum Gasteiger partial charge on any atom is 0.207 e.